The fourth-order valence-electron chi connectivity index (χ4n) is 3.42. The Morgan fingerprint density at radius 3 is 2.52 bits per heavy atom. The van der Waals surface area contributed by atoms with Gasteiger partial charge in [0, 0.05) is 42.4 Å². The smallest absolute Gasteiger partial charge is 0.306 e. The summed E-state index contributed by atoms with van der Waals surface area (Å²) in [7, 11) is 1.80. The number of hydrogen-bond acceptors (Lipinski definition) is 3. The first kappa shape index (κ1) is 19.4. The minimum Gasteiger partial charge on any atom is -0.481 e. The Hall–Kier alpha value is -2.34. The van der Waals surface area contributed by atoms with Gasteiger partial charge in [0.05, 0.1) is 5.92 Å². The second-order valence-corrected chi connectivity index (χ2v) is 7.86. The van der Waals surface area contributed by atoms with E-state index >= 15 is 0 Å². The van der Waals surface area contributed by atoms with Crippen LogP contribution < -0.4 is 4.90 Å². The van der Waals surface area contributed by atoms with Gasteiger partial charge in [0.2, 0.25) is 0 Å². The first-order valence-corrected chi connectivity index (χ1v) is 9.81. The molecule has 1 saturated heterocycles. The van der Waals surface area contributed by atoms with Crippen molar-refractivity contribution in [2.45, 2.75) is 19.4 Å². The summed E-state index contributed by atoms with van der Waals surface area (Å²) in [5.41, 5.74) is 2.79. The zero-order valence-corrected chi connectivity index (χ0v) is 16.9. The first-order chi connectivity index (χ1) is 12.9. The van der Waals surface area contributed by atoms with Crippen LogP contribution in [0, 0.1) is 5.92 Å². The Morgan fingerprint density at radius 2 is 1.85 bits per heavy atom. The molecular weight excluding hydrogens is 408 g/mol. The maximum Gasteiger partial charge on any atom is 0.306 e. The van der Waals surface area contributed by atoms with Crippen LogP contribution in [0.3, 0.4) is 0 Å². The summed E-state index contributed by atoms with van der Waals surface area (Å²) >= 11 is 3.40. The summed E-state index contributed by atoms with van der Waals surface area (Å²) in [6.45, 7) is 2.01. The van der Waals surface area contributed by atoms with Gasteiger partial charge in [-0.15, -0.1) is 0 Å². The number of hydrogen-bond donors (Lipinski definition) is 1. The second kappa shape index (κ2) is 8.57. The summed E-state index contributed by atoms with van der Waals surface area (Å²) in [6, 6.07) is 15.5. The maximum absolute atomic E-state index is 12.6. The van der Waals surface area contributed by atoms with E-state index in [1.165, 1.54) is 0 Å². The number of carbonyl (C=O) groups is 2. The Kier molecular flexibility index (Phi) is 6.16. The van der Waals surface area contributed by atoms with Crippen LogP contribution in [0.4, 0.5) is 5.69 Å². The van der Waals surface area contributed by atoms with E-state index in [1.54, 1.807) is 11.9 Å². The van der Waals surface area contributed by atoms with E-state index in [0.717, 1.165) is 28.8 Å². The van der Waals surface area contributed by atoms with Crippen molar-refractivity contribution in [1.82, 2.24) is 4.90 Å². The van der Waals surface area contributed by atoms with Gasteiger partial charge in [0.15, 0.2) is 0 Å². The molecule has 0 unspecified atom stereocenters. The Bertz CT molecular complexity index is 832. The fourth-order valence-corrected chi connectivity index (χ4v) is 3.82. The van der Waals surface area contributed by atoms with Gasteiger partial charge in [-0.25, -0.2) is 0 Å². The van der Waals surface area contributed by atoms with E-state index in [0.29, 0.717) is 24.9 Å². The average Bonchev–Trinajstić information content (AvgIpc) is 2.67. The molecule has 1 aliphatic heterocycles. The molecule has 1 aliphatic rings. The molecule has 1 fully saturated rings. The number of anilines is 1. The molecule has 0 atom stereocenters. The molecule has 0 aromatic heterocycles. The number of aliphatic carboxylic acids is 1. The summed E-state index contributed by atoms with van der Waals surface area (Å²) < 4.78 is 0.883. The van der Waals surface area contributed by atoms with E-state index in [4.69, 9.17) is 5.11 Å². The van der Waals surface area contributed by atoms with Crippen molar-refractivity contribution in [1.29, 1.82) is 0 Å². The summed E-state index contributed by atoms with van der Waals surface area (Å²) in [5, 5.41) is 9.14. The normalized spacial score (nSPS) is 14.8. The standard InChI is InChI=1S/C21H23BrN2O3/c1-23(20(25)17-5-3-6-18(22)13-17)14-15-4-2-7-19(12-15)24-10-8-16(9-11-24)21(26)27/h2-7,12-13,16H,8-11,14H2,1H3,(H,26,27). The van der Waals surface area contributed by atoms with Crippen LogP contribution in [0.15, 0.2) is 53.0 Å². The molecule has 2 aromatic carbocycles. The molecule has 27 heavy (non-hydrogen) atoms. The zero-order chi connectivity index (χ0) is 19.4. The molecule has 0 saturated carbocycles. The highest BCUT2D eigenvalue weighted by molar-refractivity contribution is 9.10. The molecule has 0 spiro atoms. The van der Waals surface area contributed by atoms with Crippen LogP contribution in [-0.4, -0.2) is 42.0 Å². The fraction of sp³-hybridized carbons (Fsp3) is 0.333. The lowest BCUT2D eigenvalue weighted by Gasteiger charge is -2.32. The van der Waals surface area contributed by atoms with Crippen molar-refractivity contribution in [2.24, 2.45) is 5.92 Å². The van der Waals surface area contributed by atoms with E-state index in [2.05, 4.69) is 26.9 Å². The molecule has 1 heterocycles. The predicted octanol–water partition coefficient (Wildman–Crippen LogP) is 4.02. The molecule has 1 N–H and O–H groups in total. The van der Waals surface area contributed by atoms with Gasteiger partial charge >= 0.3 is 5.97 Å². The van der Waals surface area contributed by atoms with Crippen LogP contribution in [0.1, 0.15) is 28.8 Å². The lowest BCUT2D eigenvalue weighted by atomic mass is 9.96. The van der Waals surface area contributed by atoms with Crippen LogP contribution in [-0.2, 0) is 11.3 Å². The number of nitrogens with zero attached hydrogens (tertiary/aromatic N) is 2. The number of carbonyl (C=O) groups excluding carboxylic acids is 1. The molecule has 0 aliphatic carbocycles. The number of halogens is 1. The van der Waals surface area contributed by atoms with Crippen molar-refractivity contribution in [2.75, 3.05) is 25.0 Å². The average molecular weight is 431 g/mol. The lowest BCUT2D eigenvalue weighted by molar-refractivity contribution is -0.142. The van der Waals surface area contributed by atoms with Crippen LogP contribution in [0.2, 0.25) is 0 Å². The summed E-state index contributed by atoms with van der Waals surface area (Å²) in [5.74, 6) is -0.960. The molecule has 1 amide bonds. The highest BCUT2D eigenvalue weighted by Crippen LogP contribution is 2.25. The highest BCUT2D eigenvalue weighted by Gasteiger charge is 2.24. The summed E-state index contributed by atoms with van der Waals surface area (Å²) in [6.07, 6.45) is 1.33. The maximum atomic E-state index is 12.6. The van der Waals surface area contributed by atoms with Crippen LogP contribution in [0.5, 0.6) is 0 Å². The predicted molar refractivity (Wildman–Crippen MR) is 109 cm³/mol. The third-order valence-electron chi connectivity index (χ3n) is 4.96. The Balaban J connectivity index is 1.65. The number of carboxylic acids is 1. The van der Waals surface area contributed by atoms with Crippen molar-refractivity contribution < 1.29 is 14.7 Å². The lowest BCUT2D eigenvalue weighted by Crippen LogP contribution is -2.36. The molecular formula is C21H23BrN2O3. The van der Waals surface area contributed by atoms with Crippen LogP contribution >= 0.6 is 15.9 Å². The van der Waals surface area contributed by atoms with Crippen LogP contribution in [0.25, 0.3) is 0 Å². The van der Waals surface area contributed by atoms with E-state index in [9.17, 15) is 9.59 Å². The molecule has 6 heteroatoms. The molecule has 3 rings (SSSR count). The Morgan fingerprint density at radius 1 is 1.15 bits per heavy atom. The molecule has 5 nitrogen and oxygen atoms in total. The highest BCUT2D eigenvalue weighted by atomic mass is 79.9. The topological polar surface area (TPSA) is 60.9 Å². The minimum absolute atomic E-state index is 0.0241. The van der Waals surface area contributed by atoms with Gasteiger partial charge in [0.1, 0.15) is 0 Å². The number of benzene rings is 2. The van der Waals surface area contributed by atoms with Gasteiger partial charge < -0.3 is 14.9 Å². The molecule has 142 valence electrons. The largest absolute Gasteiger partial charge is 0.481 e. The zero-order valence-electron chi connectivity index (χ0n) is 15.3. The van der Waals surface area contributed by atoms with Gasteiger partial charge in [-0.3, -0.25) is 9.59 Å². The number of piperidine rings is 1. The van der Waals surface area contributed by atoms with E-state index in [-0.39, 0.29) is 11.8 Å². The molecule has 2 aromatic rings. The summed E-state index contributed by atoms with van der Waals surface area (Å²) in [4.78, 5) is 27.7. The first-order valence-electron chi connectivity index (χ1n) is 9.02. The van der Waals surface area contributed by atoms with Crippen molar-refractivity contribution in [3.05, 3.63) is 64.1 Å². The quantitative estimate of drug-likeness (QED) is 0.777. The van der Waals surface area contributed by atoms with E-state index < -0.39 is 5.97 Å². The van der Waals surface area contributed by atoms with E-state index in [1.807, 2.05) is 42.5 Å². The molecule has 0 bridgehead atoms. The SMILES string of the molecule is CN(Cc1cccc(N2CCC(C(=O)O)CC2)c1)C(=O)c1cccc(Br)c1. The van der Waals surface area contributed by atoms with Gasteiger partial charge in [0.25, 0.3) is 5.91 Å². The number of carboxylic acid groups (broad SMARTS) is 1. The van der Waals surface area contributed by atoms with Crippen molar-refractivity contribution in [3.63, 3.8) is 0 Å². The van der Waals surface area contributed by atoms with Crippen molar-refractivity contribution in [3.8, 4) is 0 Å². The minimum atomic E-state index is -0.698. The van der Waals surface area contributed by atoms with Gasteiger partial charge in [-0.1, -0.05) is 34.1 Å². The third kappa shape index (κ3) is 4.89. The third-order valence-corrected chi connectivity index (χ3v) is 5.45. The molecule has 0 radical (unpaired) electrons. The van der Waals surface area contributed by atoms with Gasteiger partial charge in [-0.05, 0) is 48.7 Å². The number of rotatable bonds is 5. The van der Waals surface area contributed by atoms with Gasteiger partial charge in [-0.2, -0.15) is 0 Å². The Labute approximate surface area is 167 Å². The van der Waals surface area contributed by atoms with Crippen molar-refractivity contribution >= 4 is 33.5 Å². The number of amides is 1. The second-order valence-electron chi connectivity index (χ2n) is 6.94. The monoisotopic (exact) mass is 430 g/mol.